The molecule has 0 atom stereocenters. The Kier molecular flexibility index (Phi) is 5.22. The highest BCUT2D eigenvalue weighted by molar-refractivity contribution is 5.89. The molecule has 0 radical (unpaired) electrons. The number of likely N-dealkylation sites (N-methyl/N-ethyl adjacent to an activating group) is 1. The zero-order chi connectivity index (χ0) is 13.5. The summed E-state index contributed by atoms with van der Waals surface area (Å²) in [6.45, 7) is 0.620. The molecule has 0 aliphatic heterocycles. The lowest BCUT2D eigenvalue weighted by Crippen LogP contribution is -2.23. The zero-order valence-corrected chi connectivity index (χ0v) is 10.2. The van der Waals surface area contributed by atoms with Gasteiger partial charge >= 0.3 is 5.97 Å². The van der Waals surface area contributed by atoms with Crippen LogP contribution < -0.4 is 0 Å². The molecule has 1 aromatic rings. The second kappa shape index (κ2) is 6.67. The van der Waals surface area contributed by atoms with Crippen molar-refractivity contribution in [2.45, 2.75) is 0 Å². The highest BCUT2D eigenvalue weighted by Gasteiger charge is 2.10. The van der Waals surface area contributed by atoms with Gasteiger partial charge < -0.3 is 9.57 Å². The summed E-state index contributed by atoms with van der Waals surface area (Å²) in [5, 5.41) is 11.9. The highest BCUT2D eigenvalue weighted by atomic mass is 16.7. The van der Waals surface area contributed by atoms with Crippen LogP contribution in [0.5, 0.6) is 0 Å². The Balaban J connectivity index is 2.49. The van der Waals surface area contributed by atoms with Gasteiger partial charge in [-0.2, -0.15) is 5.06 Å². The van der Waals surface area contributed by atoms with Crippen LogP contribution in [0.3, 0.4) is 0 Å². The summed E-state index contributed by atoms with van der Waals surface area (Å²) in [7, 11) is 3.22. The molecule has 1 rings (SSSR count). The summed E-state index contributed by atoms with van der Waals surface area (Å²) in [6, 6.07) is 5.25. The first-order chi connectivity index (χ1) is 8.54. The Morgan fingerprint density at radius 1 is 1.39 bits per heavy atom. The molecule has 0 aliphatic carbocycles. The van der Waals surface area contributed by atoms with E-state index >= 15 is 0 Å². The molecule has 0 fully saturated rings. The number of nitrogens with zero attached hydrogens (tertiary/aromatic N) is 2. The lowest BCUT2D eigenvalue weighted by molar-refractivity contribution is -0.384. The van der Waals surface area contributed by atoms with Crippen LogP contribution in [0.4, 0.5) is 5.69 Å². The SMILES string of the molecule is CON(C)CCOC(=O)c1ccc([N+](=O)[O-])cc1. The zero-order valence-electron chi connectivity index (χ0n) is 10.2. The van der Waals surface area contributed by atoms with Gasteiger partial charge in [0, 0.05) is 19.2 Å². The fourth-order valence-corrected chi connectivity index (χ4v) is 1.16. The molecule has 0 aliphatic rings. The average molecular weight is 254 g/mol. The van der Waals surface area contributed by atoms with Crippen LogP contribution in [0.15, 0.2) is 24.3 Å². The second-order valence-corrected chi connectivity index (χ2v) is 3.47. The third-order valence-corrected chi connectivity index (χ3v) is 2.26. The van der Waals surface area contributed by atoms with Crippen LogP contribution in [-0.2, 0) is 9.57 Å². The first-order valence-corrected chi connectivity index (χ1v) is 5.21. The summed E-state index contributed by atoms with van der Waals surface area (Å²) < 4.78 is 4.97. The van der Waals surface area contributed by atoms with Crippen LogP contribution in [0, 0.1) is 10.1 Å². The molecule has 18 heavy (non-hydrogen) atoms. The van der Waals surface area contributed by atoms with Crippen LogP contribution in [0.25, 0.3) is 0 Å². The average Bonchev–Trinajstić information content (AvgIpc) is 2.38. The maximum Gasteiger partial charge on any atom is 0.338 e. The molecule has 0 unspecified atom stereocenters. The minimum absolute atomic E-state index is 0.0642. The van der Waals surface area contributed by atoms with Gasteiger partial charge in [-0.3, -0.25) is 10.1 Å². The fourth-order valence-electron chi connectivity index (χ4n) is 1.16. The minimum atomic E-state index is -0.525. The molecule has 0 saturated carbocycles. The number of hydrogen-bond acceptors (Lipinski definition) is 6. The van der Waals surface area contributed by atoms with Gasteiger partial charge in [0.2, 0.25) is 0 Å². The number of hydroxylamine groups is 2. The molecule has 7 heteroatoms. The van der Waals surface area contributed by atoms with Crippen LogP contribution in [0.2, 0.25) is 0 Å². The number of rotatable bonds is 6. The predicted octanol–water partition coefficient (Wildman–Crippen LogP) is 1.24. The van der Waals surface area contributed by atoms with E-state index in [-0.39, 0.29) is 17.9 Å². The number of benzene rings is 1. The van der Waals surface area contributed by atoms with E-state index in [0.717, 1.165) is 0 Å². The number of nitro groups is 1. The summed E-state index contributed by atoms with van der Waals surface area (Å²) in [6.07, 6.45) is 0. The first-order valence-electron chi connectivity index (χ1n) is 5.21. The van der Waals surface area contributed by atoms with Crippen molar-refractivity contribution in [2.75, 3.05) is 27.3 Å². The molecule has 0 heterocycles. The van der Waals surface area contributed by atoms with Gasteiger partial charge in [-0.25, -0.2) is 4.79 Å². The van der Waals surface area contributed by atoms with Gasteiger partial charge in [-0.15, -0.1) is 0 Å². The highest BCUT2D eigenvalue weighted by Crippen LogP contribution is 2.12. The van der Waals surface area contributed by atoms with E-state index in [0.29, 0.717) is 6.54 Å². The Labute approximate surface area is 104 Å². The minimum Gasteiger partial charge on any atom is -0.461 e. The topological polar surface area (TPSA) is 81.9 Å². The molecule has 0 aromatic heterocycles. The van der Waals surface area contributed by atoms with Crippen molar-refractivity contribution in [3.8, 4) is 0 Å². The molecule has 0 amide bonds. The molecule has 0 saturated heterocycles. The lowest BCUT2D eigenvalue weighted by atomic mass is 10.2. The Morgan fingerprint density at radius 3 is 2.50 bits per heavy atom. The van der Waals surface area contributed by atoms with Crippen molar-refractivity contribution in [3.63, 3.8) is 0 Å². The van der Waals surface area contributed by atoms with Gasteiger partial charge in [0.25, 0.3) is 5.69 Å². The maximum absolute atomic E-state index is 11.5. The molecule has 7 nitrogen and oxygen atoms in total. The van der Waals surface area contributed by atoms with Crippen molar-refractivity contribution in [1.82, 2.24) is 5.06 Å². The Hall–Kier alpha value is -1.99. The van der Waals surface area contributed by atoms with E-state index < -0.39 is 10.9 Å². The number of non-ortho nitro benzene ring substituents is 1. The number of esters is 1. The smallest absolute Gasteiger partial charge is 0.338 e. The monoisotopic (exact) mass is 254 g/mol. The predicted molar refractivity (Wildman–Crippen MR) is 63.0 cm³/mol. The third kappa shape index (κ3) is 4.11. The van der Waals surface area contributed by atoms with E-state index in [1.54, 1.807) is 7.05 Å². The molecule has 98 valence electrons. The van der Waals surface area contributed by atoms with E-state index in [1.165, 1.54) is 36.4 Å². The number of nitro benzene ring substituents is 1. The molecular formula is C11H14N2O5. The van der Waals surface area contributed by atoms with Crippen LogP contribution >= 0.6 is 0 Å². The van der Waals surface area contributed by atoms with Crippen LogP contribution in [-0.4, -0.2) is 43.3 Å². The summed E-state index contributed by atoms with van der Waals surface area (Å²) in [4.78, 5) is 26.3. The Bertz CT molecular complexity index is 418. The van der Waals surface area contributed by atoms with E-state index in [2.05, 4.69) is 0 Å². The van der Waals surface area contributed by atoms with E-state index in [1.807, 2.05) is 0 Å². The summed E-state index contributed by atoms with van der Waals surface area (Å²) in [5.41, 5.74) is 0.214. The standard InChI is InChI=1S/C11H14N2O5/c1-12(17-2)7-8-18-11(14)9-3-5-10(6-4-9)13(15)16/h3-6H,7-8H2,1-2H3. The van der Waals surface area contributed by atoms with Crippen molar-refractivity contribution >= 4 is 11.7 Å². The number of carbonyl (C=O) groups excluding carboxylic acids is 1. The molecule has 1 aromatic carbocycles. The van der Waals surface area contributed by atoms with Crippen molar-refractivity contribution < 1.29 is 19.3 Å². The van der Waals surface area contributed by atoms with E-state index in [9.17, 15) is 14.9 Å². The van der Waals surface area contributed by atoms with Gasteiger partial charge in [0.05, 0.1) is 24.1 Å². The third-order valence-electron chi connectivity index (χ3n) is 2.26. The summed E-state index contributed by atoms with van der Waals surface area (Å²) >= 11 is 0. The molecular weight excluding hydrogens is 240 g/mol. The second-order valence-electron chi connectivity index (χ2n) is 3.47. The van der Waals surface area contributed by atoms with Crippen LogP contribution in [0.1, 0.15) is 10.4 Å². The molecule has 0 bridgehead atoms. The number of ether oxygens (including phenoxy) is 1. The fraction of sp³-hybridized carbons (Fsp3) is 0.364. The number of hydrogen-bond donors (Lipinski definition) is 0. The van der Waals surface area contributed by atoms with Gasteiger partial charge in [-0.05, 0) is 12.1 Å². The van der Waals surface area contributed by atoms with Crippen molar-refractivity contribution in [1.29, 1.82) is 0 Å². The van der Waals surface area contributed by atoms with Crippen molar-refractivity contribution in [3.05, 3.63) is 39.9 Å². The maximum atomic E-state index is 11.5. The molecule has 0 spiro atoms. The first kappa shape index (κ1) is 14.1. The number of carbonyl (C=O) groups is 1. The lowest BCUT2D eigenvalue weighted by Gasteiger charge is -2.12. The summed E-state index contributed by atoms with van der Waals surface area (Å²) in [5.74, 6) is -0.519. The quantitative estimate of drug-likeness (QED) is 0.431. The Morgan fingerprint density at radius 2 is 2.00 bits per heavy atom. The van der Waals surface area contributed by atoms with E-state index in [4.69, 9.17) is 9.57 Å². The van der Waals surface area contributed by atoms with Gasteiger partial charge in [-0.1, -0.05) is 0 Å². The van der Waals surface area contributed by atoms with Gasteiger partial charge in [0.15, 0.2) is 0 Å². The largest absolute Gasteiger partial charge is 0.461 e. The molecule has 0 N–H and O–H groups in total. The van der Waals surface area contributed by atoms with Gasteiger partial charge in [0.1, 0.15) is 6.61 Å². The normalized spacial score (nSPS) is 10.4. The van der Waals surface area contributed by atoms with Crippen molar-refractivity contribution in [2.24, 2.45) is 0 Å².